The van der Waals surface area contributed by atoms with Crippen molar-refractivity contribution < 1.29 is 13.2 Å². The molecule has 1 aliphatic heterocycles. The van der Waals surface area contributed by atoms with Gasteiger partial charge in [0, 0.05) is 24.7 Å². The Morgan fingerprint density at radius 3 is 2.40 bits per heavy atom. The van der Waals surface area contributed by atoms with Crippen molar-refractivity contribution >= 4 is 21.6 Å². The standard InChI is InChI=1S/C19H28N2O3S/c1-14-12-16-13-15(10-11-18(16)21(14)25(3,23)24)19(22)20(2)17-8-6-4-5-7-9-17/h10-11,13-14,17H,4-9,12H2,1-3H3. The van der Waals surface area contributed by atoms with Crippen LogP contribution in [0.15, 0.2) is 18.2 Å². The van der Waals surface area contributed by atoms with Crippen LogP contribution in [0.25, 0.3) is 0 Å². The Hall–Kier alpha value is -1.56. The van der Waals surface area contributed by atoms with Crippen LogP contribution in [0.5, 0.6) is 0 Å². The van der Waals surface area contributed by atoms with E-state index in [1.165, 1.54) is 36.2 Å². The van der Waals surface area contributed by atoms with Crippen LogP contribution >= 0.6 is 0 Å². The molecule has 0 aromatic heterocycles. The van der Waals surface area contributed by atoms with Crippen molar-refractivity contribution in [3.63, 3.8) is 0 Å². The highest BCUT2D eigenvalue weighted by Crippen LogP contribution is 2.35. The van der Waals surface area contributed by atoms with Crippen molar-refractivity contribution in [2.24, 2.45) is 0 Å². The quantitative estimate of drug-likeness (QED) is 0.774. The molecule has 0 saturated heterocycles. The molecular formula is C19H28N2O3S. The molecule has 25 heavy (non-hydrogen) atoms. The van der Waals surface area contributed by atoms with E-state index in [0.29, 0.717) is 23.7 Å². The SMILES string of the molecule is CC1Cc2cc(C(=O)N(C)C3CCCCCC3)ccc2N1S(C)(=O)=O. The Kier molecular flexibility index (Phi) is 5.09. The smallest absolute Gasteiger partial charge is 0.253 e. The first-order valence-corrected chi connectivity index (χ1v) is 11.0. The van der Waals surface area contributed by atoms with Gasteiger partial charge in [0.25, 0.3) is 5.91 Å². The van der Waals surface area contributed by atoms with Crippen molar-refractivity contribution in [1.82, 2.24) is 4.90 Å². The van der Waals surface area contributed by atoms with Crippen molar-refractivity contribution in [2.75, 3.05) is 17.6 Å². The van der Waals surface area contributed by atoms with Gasteiger partial charge in [-0.25, -0.2) is 8.42 Å². The Morgan fingerprint density at radius 2 is 1.80 bits per heavy atom. The van der Waals surface area contributed by atoms with Gasteiger partial charge in [-0.05, 0) is 49.9 Å². The Balaban J connectivity index is 1.83. The Bertz CT molecular complexity index is 752. The van der Waals surface area contributed by atoms with Gasteiger partial charge >= 0.3 is 0 Å². The third-order valence-corrected chi connectivity index (χ3v) is 6.80. The fourth-order valence-electron chi connectivity index (χ4n) is 4.26. The topological polar surface area (TPSA) is 57.7 Å². The summed E-state index contributed by atoms with van der Waals surface area (Å²) >= 11 is 0. The molecule has 3 rings (SSSR count). The van der Waals surface area contributed by atoms with Crippen LogP contribution in [0.3, 0.4) is 0 Å². The number of anilines is 1. The van der Waals surface area contributed by atoms with E-state index in [-0.39, 0.29) is 11.9 Å². The number of nitrogens with zero attached hydrogens (tertiary/aromatic N) is 2. The lowest BCUT2D eigenvalue weighted by Crippen LogP contribution is -2.36. The highest BCUT2D eigenvalue weighted by Gasteiger charge is 2.33. The number of hydrogen-bond acceptors (Lipinski definition) is 3. The molecule has 1 amide bonds. The van der Waals surface area contributed by atoms with Crippen LogP contribution in [-0.2, 0) is 16.4 Å². The van der Waals surface area contributed by atoms with E-state index in [1.807, 2.05) is 24.9 Å². The van der Waals surface area contributed by atoms with E-state index in [9.17, 15) is 13.2 Å². The van der Waals surface area contributed by atoms with E-state index >= 15 is 0 Å². The summed E-state index contributed by atoms with van der Waals surface area (Å²) in [4.78, 5) is 14.8. The number of carbonyl (C=O) groups excluding carboxylic acids is 1. The number of benzene rings is 1. The maximum Gasteiger partial charge on any atom is 0.253 e. The molecule has 1 aromatic rings. The van der Waals surface area contributed by atoms with Crippen LogP contribution in [0, 0.1) is 0 Å². The molecule has 0 radical (unpaired) electrons. The molecule has 1 fully saturated rings. The summed E-state index contributed by atoms with van der Waals surface area (Å²) in [7, 11) is -1.40. The number of hydrogen-bond donors (Lipinski definition) is 0. The lowest BCUT2D eigenvalue weighted by atomic mass is 10.0. The highest BCUT2D eigenvalue weighted by atomic mass is 32.2. The van der Waals surface area contributed by atoms with Gasteiger partial charge in [0.1, 0.15) is 0 Å². The molecule has 2 aliphatic rings. The summed E-state index contributed by atoms with van der Waals surface area (Å²) in [6, 6.07) is 5.65. The first-order valence-electron chi connectivity index (χ1n) is 9.18. The molecule has 0 bridgehead atoms. The predicted octanol–water partition coefficient (Wildman–Crippen LogP) is 3.19. The highest BCUT2D eigenvalue weighted by molar-refractivity contribution is 7.92. The summed E-state index contributed by atoms with van der Waals surface area (Å²) in [5.74, 6) is 0.0418. The van der Waals surface area contributed by atoms with Crippen molar-refractivity contribution in [2.45, 2.75) is 64.0 Å². The summed E-state index contributed by atoms with van der Waals surface area (Å²) in [6.45, 7) is 1.90. The lowest BCUT2D eigenvalue weighted by Gasteiger charge is -2.27. The molecule has 0 N–H and O–H groups in total. The van der Waals surface area contributed by atoms with E-state index in [0.717, 1.165) is 18.4 Å². The molecule has 1 heterocycles. The Labute approximate surface area is 151 Å². The van der Waals surface area contributed by atoms with Gasteiger partial charge in [-0.1, -0.05) is 25.7 Å². The number of carbonyl (C=O) groups is 1. The van der Waals surface area contributed by atoms with Gasteiger partial charge < -0.3 is 4.90 Å². The zero-order valence-corrected chi connectivity index (χ0v) is 16.2. The molecule has 1 aliphatic carbocycles. The van der Waals surface area contributed by atoms with E-state index in [4.69, 9.17) is 0 Å². The molecule has 0 spiro atoms. The van der Waals surface area contributed by atoms with Gasteiger partial charge in [0.15, 0.2) is 0 Å². The second-order valence-corrected chi connectivity index (χ2v) is 9.38. The average molecular weight is 365 g/mol. The minimum Gasteiger partial charge on any atom is -0.339 e. The minimum absolute atomic E-state index is 0.0418. The summed E-state index contributed by atoms with van der Waals surface area (Å²) in [5, 5.41) is 0. The molecule has 1 aromatic carbocycles. The number of sulfonamides is 1. The molecule has 138 valence electrons. The van der Waals surface area contributed by atoms with Gasteiger partial charge in [0.05, 0.1) is 11.9 Å². The second kappa shape index (κ2) is 6.98. The van der Waals surface area contributed by atoms with Crippen LogP contribution < -0.4 is 4.31 Å². The summed E-state index contributed by atoms with van der Waals surface area (Å²) in [6.07, 6.45) is 8.93. The lowest BCUT2D eigenvalue weighted by molar-refractivity contribution is 0.0717. The fraction of sp³-hybridized carbons (Fsp3) is 0.632. The molecular weight excluding hydrogens is 336 g/mol. The summed E-state index contributed by atoms with van der Waals surface area (Å²) < 4.78 is 25.5. The van der Waals surface area contributed by atoms with E-state index in [2.05, 4.69) is 0 Å². The number of rotatable bonds is 3. The maximum atomic E-state index is 12.9. The fourth-order valence-corrected chi connectivity index (χ4v) is 5.52. The summed E-state index contributed by atoms with van der Waals surface area (Å²) in [5.41, 5.74) is 2.31. The van der Waals surface area contributed by atoms with Crippen LogP contribution in [0.4, 0.5) is 5.69 Å². The second-order valence-electron chi connectivity index (χ2n) is 7.52. The number of amides is 1. The largest absolute Gasteiger partial charge is 0.339 e. The first-order chi connectivity index (χ1) is 11.8. The third kappa shape index (κ3) is 3.68. The zero-order valence-electron chi connectivity index (χ0n) is 15.4. The molecule has 5 nitrogen and oxygen atoms in total. The Morgan fingerprint density at radius 1 is 1.16 bits per heavy atom. The van der Waals surface area contributed by atoms with E-state index in [1.54, 1.807) is 12.1 Å². The monoisotopic (exact) mass is 364 g/mol. The molecule has 1 atom stereocenters. The van der Waals surface area contributed by atoms with Crippen LogP contribution in [0.1, 0.15) is 61.4 Å². The van der Waals surface area contributed by atoms with Crippen molar-refractivity contribution in [3.8, 4) is 0 Å². The predicted molar refractivity (Wildman–Crippen MR) is 101 cm³/mol. The van der Waals surface area contributed by atoms with Crippen LogP contribution in [-0.4, -0.2) is 44.6 Å². The molecule has 1 saturated carbocycles. The van der Waals surface area contributed by atoms with Gasteiger partial charge in [-0.15, -0.1) is 0 Å². The molecule has 6 heteroatoms. The van der Waals surface area contributed by atoms with Crippen molar-refractivity contribution in [1.29, 1.82) is 0 Å². The average Bonchev–Trinajstić information content (AvgIpc) is 2.72. The van der Waals surface area contributed by atoms with Gasteiger partial charge in [-0.2, -0.15) is 0 Å². The number of fused-ring (bicyclic) bond motifs is 1. The van der Waals surface area contributed by atoms with Crippen molar-refractivity contribution in [3.05, 3.63) is 29.3 Å². The maximum absolute atomic E-state index is 12.9. The minimum atomic E-state index is -3.30. The van der Waals surface area contributed by atoms with E-state index < -0.39 is 10.0 Å². The third-order valence-electron chi connectivity index (χ3n) is 5.53. The zero-order chi connectivity index (χ0) is 18.2. The first kappa shape index (κ1) is 18.2. The van der Waals surface area contributed by atoms with Gasteiger partial charge in [-0.3, -0.25) is 9.10 Å². The van der Waals surface area contributed by atoms with Crippen LogP contribution in [0.2, 0.25) is 0 Å². The molecule has 1 unspecified atom stereocenters. The van der Waals surface area contributed by atoms with Gasteiger partial charge in [0.2, 0.25) is 10.0 Å². The normalized spacial score (nSPS) is 21.7.